The van der Waals surface area contributed by atoms with Crippen molar-refractivity contribution in [2.75, 3.05) is 26.2 Å². The molecule has 0 bridgehead atoms. The molecule has 1 heterocycles. The van der Waals surface area contributed by atoms with Crippen molar-refractivity contribution in [1.82, 2.24) is 10.2 Å². The summed E-state index contributed by atoms with van der Waals surface area (Å²) in [5, 5.41) is 12.5. The summed E-state index contributed by atoms with van der Waals surface area (Å²) >= 11 is 0. The van der Waals surface area contributed by atoms with Crippen LogP contribution in [0.15, 0.2) is 0 Å². The number of nitriles is 1. The molecule has 1 unspecified atom stereocenters. The minimum Gasteiger partial charge on any atom is -0.313 e. The summed E-state index contributed by atoms with van der Waals surface area (Å²) in [7, 11) is 0. The van der Waals surface area contributed by atoms with Crippen molar-refractivity contribution in [1.29, 1.82) is 5.26 Å². The molecule has 3 heteroatoms. The molecule has 0 aromatic carbocycles. The normalized spacial score (nSPS) is 19.9. The van der Waals surface area contributed by atoms with Gasteiger partial charge in [-0.05, 0) is 59.7 Å². The lowest BCUT2D eigenvalue weighted by Crippen LogP contribution is -2.42. The summed E-state index contributed by atoms with van der Waals surface area (Å²) in [4.78, 5) is 2.55. The Balaban J connectivity index is 2.12. The van der Waals surface area contributed by atoms with E-state index in [1.807, 2.05) is 13.8 Å². The Kier molecular flexibility index (Phi) is 5.94. The first-order valence-corrected chi connectivity index (χ1v) is 6.90. The summed E-state index contributed by atoms with van der Waals surface area (Å²) in [5.41, 5.74) is -0.197. The van der Waals surface area contributed by atoms with Crippen LogP contribution in [0.25, 0.3) is 0 Å². The molecule has 17 heavy (non-hydrogen) atoms. The molecule has 0 spiro atoms. The van der Waals surface area contributed by atoms with Crippen LogP contribution in [0.2, 0.25) is 0 Å². The van der Waals surface area contributed by atoms with Crippen molar-refractivity contribution in [3.05, 3.63) is 0 Å². The molecule has 1 rings (SSSR count). The van der Waals surface area contributed by atoms with Crippen LogP contribution < -0.4 is 5.32 Å². The molecule has 1 fully saturated rings. The van der Waals surface area contributed by atoms with E-state index >= 15 is 0 Å². The maximum atomic E-state index is 8.93. The van der Waals surface area contributed by atoms with E-state index in [0.29, 0.717) is 6.04 Å². The summed E-state index contributed by atoms with van der Waals surface area (Å²) in [6, 6.07) is 2.88. The highest BCUT2D eigenvalue weighted by Gasteiger charge is 2.17. The predicted molar refractivity (Wildman–Crippen MR) is 71.8 cm³/mol. The Bertz CT molecular complexity index is 249. The van der Waals surface area contributed by atoms with Crippen molar-refractivity contribution in [3.8, 4) is 6.07 Å². The monoisotopic (exact) mass is 237 g/mol. The molecule has 1 atom stereocenters. The van der Waals surface area contributed by atoms with Crippen molar-refractivity contribution in [2.45, 2.75) is 52.5 Å². The number of nitrogens with one attached hydrogen (secondary N) is 1. The zero-order chi connectivity index (χ0) is 12.7. The van der Waals surface area contributed by atoms with Gasteiger partial charge < -0.3 is 10.2 Å². The summed E-state index contributed by atoms with van der Waals surface area (Å²) in [5.74, 6) is 0. The molecule has 1 aliphatic heterocycles. The van der Waals surface area contributed by atoms with E-state index in [4.69, 9.17) is 5.26 Å². The van der Waals surface area contributed by atoms with Gasteiger partial charge in [-0.15, -0.1) is 0 Å². The molecule has 0 aliphatic carbocycles. The highest BCUT2D eigenvalue weighted by Crippen LogP contribution is 2.17. The van der Waals surface area contributed by atoms with Crippen molar-refractivity contribution in [3.63, 3.8) is 0 Å². The van der Waals surface area contributed by atoms with Gasteiger partial charge in [0.15, 0.2) is 0 Å². The highest BCUT2D eigenvalue weighted by molar-refractivity contribution is 4.92. The molecule has 1 aliphatic rings. The molecular weight excluding hydrogens is 210 g/mol. The Morgan fingerprint density at radius 3 is 2.53 bits per heavy atom. The Hall–Kier alpha value is -0.590. The van der Waals surface area contributed by atoms with Crippen LogP contribution in [0.1, 0.15) is 46.5 Å². The van der Waals surface area contributed by atoms with Gasteiger partial charge in [0.2, 0.25) is 0 Å². The molecule has 0 aromatic heterocycles. The number of hydrogen-bond donors (Lipinski definition) is 1. The number of rotatable bonds is 6. The fourth-order valence-corrected chi connectivity index (χ4v) is 2.28. The first-order valence-electron chi connectivity index (χ1n) is 6.90. The number of nitrogens with zero attached hydrogens (tertiary/aromatic N) is 2. The van der Waals surface area contributed by atoms with E-state index in [-0.39, 0.29) is 5.41 Å². The van der Waals surface area contributed by atoms with E-state index in [1.165, 1.54) is 32.4 Å². The van der Waals surface area contributed by atoms with Crippen molar-refractivity contribution >= 4 is 0 Å². The second kappa shape index (κ2) is 6.98. The lowest BCUT2D eigenvalue weighted by atomic mass is 9.91. The maximum Gasteiger partial charge on any atom is 0.0684 e. The van der Waals surface area contributed by atoms with E-state index < -0.39 is 0 Å². The highest BCUT2D eigenvalue weighted by atomic mass is 15.1. The molecule has 0 radical (unpaired) electrons. The minimum absolute atomic E-state index is 0.197. The van der Waals surface area contributed by atoms with Gasteiger partial charge in [-0.25, -0.2) is 0 Å². The van der Waals surface area contributed by atoms with Crippen LogP contribution in [0, 0.1) is 16.7 Å². The van der Waals surface area contributed by atoms with E-state index in [0.717, 1.165) is 19.5 Å². The van der Waals surface area contributed by atoms with Crippen LogP contribution in [0.3, 0.4) is 0 Å². The zero-order valence-electron chi connectivity index (χ0n) is 11.6. The van der Waals surface area contributed by atoms with Crippen molar-refractivity contribution in [2.24, 2.45) is 5.41 Å². The molecule has 98 valence electrons. The lowest BCUT2D eigenvalue weighted by molar-refractivity contribution is 0.208. The Morgan fingerprint density at radius 2 is 1.94 bits per heavy atom. The quantitative estimate of drug-likeness (QED) is 0.771. The van der Waals surface area contributed by atoms with Gasteiger partial charge >= 0.3 is 0 Å². The van der Waals surface area contributed by atoms with Crippen LogP contribution in [-0.2, 0) is 0 Å². The third-order valence-corrected chi connectivity index (χ3v) is 3.53. The average Bonchev–Trinajstić information content (AvgIpc) is 2.30. The predicted octanol–water partition coefficient (Wildman–Crippen LogP) is 2.39. The molecular formula is C14H27N3. The van der Waals surface area contributed by atoms with Crippen molar-refractivity contribution < 1.29 is 0 Å². The smallest absolute Gasteiger partial charge is 0.0684 e. The van der Waals surface area contributed by atoms with E-state index in [9.17, 15) is 0 Å². The number of hydrogen-bond acceptors (Lipinski definition) is 3. The largest absolute Gasteiger partial charge is 0.313 e. The third kappa shape index (κ3) is 6.05. The molecule has 1 N–H and O–H groups in total. The summed E-state index contributed by atoms with van der Waals surface area (Å²) < 4.78 is 0. The fourth-order valence-electron chi connectivity index (χ4n) is 2.28. The van der Waals surface area contributed by atoms with E-state index in [2.05, 4.69) is 23.2 Å². The van der Waals surface area contributed by atoms with E-state index in [1.54, 1.807) is 0 Å². The lowest BCUT2D eigenvalue weighted by Gasteiger charge is -2.29. The van der Waals surface area contributed by atoms with Gasteiger partial charge in [-0.2, -0.15) is 5.26 Å². The molecule has 3 nitrogen and oxygen atoms in total. The van der Waals surface area contributed by atoms with Gasteiger partial charge in [-0.3, -0.25) is 0 Å². The molecule has 0 aromatic rings. The first kappa shape index (κ1) is 14.5. The molecule has 1 saturated heterocycles. The second-order valence-electron chi connectivity index (χ2n) is 5.96. The number of likely N-dealkylation sites (tertiary alicyclic amines) is 1. The standard InChI is InChI=1S/C14H27N3/c1-13(11-17-9-5-4-6-10-17)16-8-7-14(2,3)12-15/h13,16H,4-11H2,1-3H3. The third-order valence-electron chi connectivity index (χ3n) is 3.53. The maximum absolute atomic E-state index is 8.93. The van der Waals surface area contributed by atoms with Crippen LogP contribution in [0.5, 0.6) is 0 Å². The van der Waals surface area contributed by atoms with Gasteiger partial charge in [0.25, 0.3) is 0 Å². The van der Waals surface area contributed by atoms with Gasteiger partial charge in [0, 0.05) is 12.6 Å². The topological polar surface area (TPSA) is 39.1 Å². The Morgan fingerprint density at radius 1 is 1.29 bits per heavy atom. The SMILES string of the molecule is CC(CN1CCCCC1)NCCC(C)(C)C#N. The summed E-state index contributed by atoms with van der Waals surface area (Å²) in [6.45, 7) is 10.9. The van der Waals surface area contributed by atoms with Gasteiger partial charge in [0.05, 0.1) is 11.5 Å². The van der Waals surface area contributed by atoms with Gasteiger partial charge in [0.1, 0.15) is 0 Å². The fraction of sp³-hybridized carbons (Fsp3) is 0.929. The zero-order valence-corrected chi connectivity index (χ0v) is 11.6. The van der Waals surface area contributed by atoms with Gasteiger partial charge in [-0.1, -0.05) is 6.42 Å². The average molecular weight is 237 g/mol. The Labute approximate surface area is 106 Å². The van der Waals surface area contributed by atoms with Crippen LogP contribution >= 0.6 is 0 Å². The van der Waals surface area contributed by atoms with Crippen LogP contribution in [-0.4, -0.2) is 37.1 Å². The van der Waals surface area contributed by atoms with Crippen LogP contribution in [0.4, 0.5) is 0 Å². The first-order chi connectivity index (χ1) is 8.03. The number of piperidine rings is 1. The second-order valence-corrected chi connectivity index (χ2v) is 5.96. The minimum atomic E-state index is -0.197. The molecule has 0 saturated carbocycles. The summed E-state index contributed by atoms with van der Waals surface area (Å²) in [6.07, 6.45) is 5.03. The molecule has 0 amide bonds.